The Bertz CT molecular complexity index is 761. The van der Waals surface area contributed by atoms with Gasteiger partial charge in [0.25, 0.3) is 0 Å². The molecule has 160 valence electrons. The highest BCUT2D eigenvalue weighted by atomic mass is 16.3. The Morgan fingerprint density at radius 3 is 2.21 bits per heavy atom. The molecule has 0 amide bonds. The number of nitrogens with one attached hydrogen (secondary N) is 1. The number of aliphatic hydroxyl groups is 1. The third-order valence-corrected chi connectivity index (χ3v) is 6.83. The zero-order valence-electron chi connectivity index (χ0n) is 19.2. The van der Waals surface area contributed by atoms with Gasteiger partial charge in [0, 0.05) is 12.7 Å². The molecule has 3 rings (SSSR count). The van der Waals surface area contributed by atoms with E-state index in [9.17, 15) is 5.11 Å². The SMILES string of the molecule is CC(C)(C)c1ccc(Cn2cccc2C[NH+](C2CCCCC2)C(C)(C)CO)cc1. The van der Waals surface area contributed by atoms with E-state index >= 15 is 0 Å². The van der Waals surface area contributed by atoms with E-state index in [0.717, 1.165) is 13.1 Å². The molecule has 0 bridgehead atoms. The fraction of sp³-hybridized carbons (Fsp3) is 0.615. The van der Waals surface area contributed by atoms with Crippen molar-refractivity contribution in [1.29, 1.82) is 0 Å². The maximum absolute atomic E-state index is 10.1. The van der Waals surface area contributed by atoms with Gasteiger partial charge in [-0.15, -0.1) is 0 Å². The molecule has 3 heteroatoms. The van der Waals surface area contributed by atoms with E-state index in [1.165, 1.54) is 48.9 Å². The van der Waals surface area contributed by atoms with Crippen molar-refractivity contribution >= 4 is 0 Å². The van der Waals surface area contributed by atoms with Crippen molar-refractivity contribution in [2.45, 2.75) is 96.8 Å². The predicted molar refractivity (Wildman–Crippen MR) is 121 cm³/mol. The summed E-state index contributed by atoms with van der Waals surface area (Å²) in [6.07, 6.45) is 8.80. The number of rotatable bonds is 7. The van der Waals surface area contributed by atoms with Crippen LogP contribution in [0.15, 0.2) is 42.6 Å². The molecule has 1 aromatic heterocycles. The summed E-state index contributed by atoms with van der Waals surface area (Å²) in [5.74, 6) is 0. The van der Waals surface area contributed by atoms with E-state index in [-0.39, 0.29) is 17.6 Å². The standard InChI is InChI=1S/C26H40N2O/c1-25(2,3)22-15-13-21(14-16-22)18-27-17-9-12-24(27)19-28(26(4,5)20-29)23-10-7-6-8-11-23/h9,12-17,23,29H,6-8,10-11,18-20H2,1-5H3/p+1. The topological polar surface area (TPSA) is 29.6 Å². The number of hydrogen-bond donors (Lipinski definition) is 2. The van der Waals surface area contributed by atoms with Gasteiger partial charge in [0.15, 0.2) is 0 Å². The summed E-state index contributed by atoms with van der Waals surface area (Å²) < 4.78 is 2.39. The van der Waals surface area contributed by atoms with E-state index in [2.05, 4.69) is 81.8 Å². The van der Waals surface area contributed by atoms with Crippen molar-refractivity contribution in [1.82, 2.24) is 4.57 Å². The zero-order chi connectivity index (χ0) is 21.1. The molecule has 1 aromatic carbocycles. The lowest BCUT2D eigenvalue weighted by atomic mass is 9.87. The Morgan fingerprint density at radius 2 is 1.62 bits per heavy atom. The molecule has 1 saturated carbocycles. The first kappa shape index (κ1) is 22.1. The van der Waals surface area contributed by atoms with Gasteiger partial charge in [-0.25, -0.2) is 0 Å². The molecular weight excluding hydrogens is 356 g/mol. The number of aliphatic hydroxyl groups excluding tert-OH is 1. The molecule has 0 radical (unpaired) electrons. The zero-order valence-corrected chi connectivity index (χ0v) is 19.2. The summed E-state index contributed by atoms with van der Waals surface area (Å²) in [4.78, 5) is 1.54. The van der Waals surface area contributed by atoms with Gasteiger partial charge >= 0.3 is 0 Å². The van der Waals surface area contributed by atoms with Gasteiger partial charge in [-0.1, -0.05) is 51.5 Å². The summed E-state index contributed by atoms with van der Waals surface area (Å²) in [7, 11) is 0. The molecule has 1 unspecified atom stereocenters. The van der Waals surface area contributed by atoms with Crippen LogP contribution in [0.4, 0.5) is 0 Å². The Balaban J connectivity index is 1.77. The molecule has 0 aliphatic heterocycles. The molecule has 1 aliphatic carbocycles. The average molecular weight is 398 g/mol. The maximum Gasteiger partial charge on any atom is 0.119 e. The quantitative estimate of drug-likeness (QED) is 0.716. The van der Waals surface area contributed by atoms with Gasteiger partial charge < -0.3 is 14.6 Å². The van der Waals surface area contributed by atoms with Crippen LogP contribution in [0.1, 0.15) is 83.5 Å². The monoisotopic (exact) mass is 397 g/mol. The van der Waals surface area contributed by atoms with Gasteiger partial charge in [0.2, 0.25) is 0 Å². The minimum atomic E-state index is -0.120. The highest BCUT2D eigenvalue weighted by molar-refractivity contribution is 5.28. The van der Waals surface area contributed by atoms with Crippen molar-refractivity contribution < 1.29 is 10.0 Å². The molecule has 1 atom stereocenters. The second-order valence-corrected chi connectivity index (χ2v) is 10.7. The molecular formula is C26H41N2O+. The highest BCUT2D eigenvalue weighted by Gasteiger charge is 2.37. The van der Waals surface area contributed by atoms with E-state index in [4.69, 9.17) is 0 Å². The smallest absolute Gasteiger partial charge is 0.119 e. The van der Waals surface area contributed by atoms with Crippen molar-refractivity contribution in [2.75, 3.05) is 6.61 Å². The van der Waals surface area contributed by atoms with Crippen LogP contribution in [0.3, 0.4) is 0 Å². The summed E-state index contributed by atoms with van der Waals surface area (Å²) in [6, 6.07) is 14.2. The van der Waals surface area contributed by atoms with Crippen molar-refractivity contribution in [2.24, 2.45) is 0 Å². The number of quaternary nitrogens is 1. The van der Waals surface area contributed by atoms with Crippen LogP contribution >= 0.6 is 0 Å². The molecule has 2 N–H and O–H groups in total. The van der Waals surface area contributed by atoms with Crippen LogP contribution in [0.2, 0.25) is 0 Å². The Labute approximate surface area is 177 Å². The summed E-state index contributed by atoms with van der Waals surface area (Å²) >= 11 is 0. The van der Waals surface area contributed by atoms with Crippen LogP contribution in [0.5, 0.6) is 0 Å². The maximum atomic E-state index is 10.1. The van der Waals surface area contributed by atoms with Gasteiger partial charge in [-0.2, -0.15) is 0 Å². The van der Waals surface area contributed by atoms with Crippen LogP contribution in [-0.2, 0) is 18.5 Å². The third-order valence-electron chi connectivity index (χ3n) is 6.83. The van der Waals surface area contributed by atoms with Gasteiger partial charge in [-0.05, 0) is 68.2 Å². The van der Waals surface area contributed by atoms with Gasteiger partial charge in [-0.3, -0.25) is 0 Å². The molecule has 29 heavy (non-hydrogen) atoms. The normalized spacial score (nSPS) is 17.4. The van der Waals surface area contributed by atoms with E-state index in [1.807, 2.05) is 0 Å². The fourth-order valence-corrected chi connectivity index (χ4v) is 4.75. The van der Waals surface area contributed by atoms with Crippen molar-refractivity contribution in [3.63, 3.8) is 0 Å². The van der Waals surface area contributed by atoms with E-state index in [0.29, 0.717) is 6.04 Å². The molecule has 3 nitrogen and oxygen atoms in total. The van der Waals surface area contributed by atoms with Crippen LogP contribution < -0.4 is 4.90 Å². The lowest BCUT2D eigenvalue weighted by molar-refractivity contribution is -0.986. The Hall–Kier alpha value is -1.58. The van der Waals surface area contributed by atoms with Crippen LogP contribution in [0.25, 0.3) is 0 Å². The lowest BCUT2D eigenvalue weighted by Crippen LogP contribution is -3.22. The van der Waals surface area contributed by atoms with Gasteiger partial charge in [0.1, 0.15) is 12.1 Å². The molecule has 1 aliphatic rings. The summed E-state index contributed by atoms with van der Waals surface area (Å²) in [5, 5.41) is 10.1. The van der Waals surface area contributed by atoms with Crippen LogP contribution in [0, 0.1) is 0 Å². The first-order valence-corrected chi connectivity index (χ1v) is 11.4. The number of aromatic nitrogens is 1. The number of hydrogen-bond acceptors (Lipinski definition) is 1. The second kappa shape index (κ2) is 9.06. The summed E-state index contributed by atoms with van der Waals surface area (Å²) in [6.45, 7) is 13.3. The predicted octanol–water partition coefficient (Wildman–Crippen LogP) is 4.32. The first-order valence-electron chi connectivity index (χ1n) is 11.4. The molecule has 0 spiro atoms. The van der Waals surface area contributed by atoms with Crippen molar-refractivity contribution in [3.8, 4) is 0 Å². The molecule has 1 heterocycles. The van der Waals surface area contributed by atoms with Crippen molar-refractivity contribution in [3.05, 3.63) is 59.4 Å². The Morgan fingerprint density at radius 1 is 0.966 bits per heavy atom. The number of benzene rings is 1. The minimum Gasteiger partial charge on any atom is -0.390 e. The van der Waals surface area contributed by atoms with Gasteiger partial charge in [0.05, 0.1) is 18.3 Å². The van der Waals surface area contributed by atoms with E-state index in [1.54, 1.807) is 4.90 Å². The minimum absolute atomic E-state index is 0.120. The fourth-order valence-electron chi connectivity index (χ4n) is 4.75. The van der Waals surface area contributed by atoms with Crippen LogP contribution in [-0.4, -0.2) is 27.9 Å². The van der Waals surface area contributed by atoms with E-state index < -0.39 is 0 Å². The largest absolute Gasteiger partial charge is 0.390 e. The average Bonchev–Trinajstić information content (AvgIpc) is 3.13. The third kappa shape index (κ3) is 5.52. The second-order valence-electron chi connectivity index (χ2n) is 10.7. The first-order chi connectivity index (χ1) is 13.7. The lowest BCUT2D eigenvalue weighted by Gasteiger charge is -2.41. The number of nitrogens with zero attached hydrogens (tertiary/aromatic N) is 1. The molecule has 1 fully saturated rings. The summed E-state index contributed by atoms with van der Waals surface area (Å²) in [5.41, 5.74) is 4.16. The molecule has 0 saturated heterocycles. The highest BCUT2D eigenvalue weighted by Crippen LogP contribution is 2.23. The Kier molecular flexibility index (Phi) is 6.90. The molecule has 2 aromatic rings.